The summed E-state index contributed by atoms with van der Waals surface area (Å²) in [4.78, 5) is 125. The molecule has 0 rings (SSSR count). The Morgan fingerprint density at radius 3 is 0.763 bits per heavy atom. The van der Waals surface area contributed by atoms with Crippen molar-refractivity contribution in [3.05, 3.63) is 0 Å². The van der Waals surface area contributed by atoms with E-state index in [1.54, 1.807) is 55.4 Å². The quantitative estimate of drug-likeness (QED) is 0.0387. The molecule has 0 aliphatic rings. The Morgan fingerprint density at radius 1 is 0.390 bits per heavy atom. The van der Waals surface area contributed by atoms with Crippen LogP contribution in [0.4, 0.5) is 0 Å². The summed E-state index contributed by atoms with van der Waals surface area (Å²) in [5.74, 6) is -2.91. The first-order valence-corrected chi connectivity index (χ1v) is 19.5. The van der Waals surface area contributed by atoms with Crippen molar-refractivity contribution in [2.75, 3.05) is 0 Å². The third-order valence-electron chi connectivity index (χ3n) is 6.01. The van der Waals surface area contributed by atoms with Crippen molar-refractivity contribution < 1.29 is 143 Å². The van der Waals surface area contributed by atoms with Gasteiger partial charge in [-0.15, -0.1) is 0 Å². The minimum absolute atomic E-state index is 0. The zero-order valence-electron chi connectivity index (χ0n) is 38.1. The zero-order chi connectivity index (χ0) is 44.3. The molecule has 0 bridgehead atoms. The van der Waals surface area contributed by atoms with E-state index in [0.29, 0.717) is 25.7 Å². The molecule has 0 aromatic rings. The van der Waals surface area contributed by atoms with E-state index in [9.17, 15) is 38.4 Å². The van der Waals surface area contributed by atoms with E-state index in [4.69, 9.17) is 19.6 Å². The molecule has 16 nitrogen and oxygen atoms in total. The van der Waals surface area contributed by atoms with Gasteiger partial charge in [-0.2, -0.15) is 19.6 Å². The van der Waals surface area contributed by atoms with Gasteiger partial charge in [0, 0.05) is 90.8 Å². The van der Waals surface area contributed by atoms with Gasteiger partial charge >= 0.3 is 23.9 Å². The van der Waals surface area contributed by atoms with E-state index in [1.165, 1.54) is 0 Å². The van der Waals surface area contributed by atoms with Crippen molar-refractivity contribution in [2.45, 2.75) is 210 Å². The number of carbonyl (C=O) groups is 8. The summed E-state index contributed by atoms with van der Waals surface area (Å²) in [5.41, 5.74) is -1.08. The Balaban J connectivity index is -0.000000120. The summed E-state index contributed by atoms with van der Waals surface area (Å²) < 4.78 is 0. The molecule has 0 spiro atoms. The zero-order valence-corrected chi connectivity index (χ0v) is 42.8. The first-order valence-electron chi connectivity index (χ1n) is 19.5. The van der Waals surface area contributed by atoms with Crippen molar-refractivity contribution in [1.82, 2.24) is 0 Å². The summed E-state index contributed by atoms with van der Waals surface area (Å²) in [6, 6.07) is 0. The minimum Gasteiger partial charge on any atom is -0.299 e. The van der Waals surface area contributed by atoms with Crippen LogP contribution in [0.5, 0.6) is 0 Å². The van der Waals surface area contributed by atoms with Gasteiger partial charge < -0.3 is 0 Å². The topological polar surface area (TPSA) is 210 Å². The number of hydrogen-bond donors (Lipinski definition) is 0. The number of Topliss-reactive ketones (excluding diaryl/α,β-unsaturated/α-hetero) is 4. The van der Waals surface area contributed by atoms with Crippen molar-refractivity contribution >= 4 is 47.0 Å². The third-order valence-corrected chi connectivity index (χ3v) is 6.01. The Hall–Kier alpha value is -1.46. The molecule has 0 saturated carbocycles. The second-order valence-corrected chi connectivity index (χ2v) is 14.7. The molecule has 340 valence electrons. The van der Waals surface area contributed by atoms with E-state index < -0.39 is 35.1 Å². The van der Waals surface area contributed by atoms with Gasteiger partial charge in [0.2, 0.25) is 0 Å². The first kappa shape index (κ1) is 72.0. The Labute approximate surface area is 397 Å². The Morgan fingerprint density at radius 2 is 0.593 bits per heavy atom. The maximum absolute atomic E-state index is 11.0. The average Bonchev–Trinajstić information content (AvgIpc) is 3.08. The van der Waals surface area contributed by atoms with Crippen LogP contribution in [0.3, 0.4) is 0 Å². The van der Waals surface area contributed by atoms with Crippen LogP contribution in [0.25, 0.3) is 0 Å². The molecule has 0 aliphatic carbocycles. The van der Waals surface area contributed by atoms with Crippen LogP contribution in [0.2, 0.25) is 0 Å². The summed E-state index contributed by atoms with van der Waals surface area (Å²) >= 11 is 0. The van der Waals surface area contributed by atoms with E-state index in [0.717, 1.165) is 38.5 Å². The summed E-state index contributed by atoms with van der Waals surface area (Å²) in [5, 5.41) is 0. The molecule has 2 atom stereocenters. The molecular formula is C40H72O16Ti3. The smallest absolute Gasteiger partial charge is 0.299 e. The molecule has 0 aromatic heterocycles. The van der Waals surface area contributed by atoms with Gasteiger partial charge in [0.1, 0.15) is 72.2 Å². The standard InChI is InChI=1S/4C10H18O4.3Ti/c2*1-5-6-8(11)7-9(12)13-14-10(2,3)4;2*1-4-6-9(11)7-10(12)14-13-8(3)5-2;;;/h2*5-7H2,1-4H3;2*8H,4-7H2,1-3H3;;;. The number of carbonyl (C=O) groups excluding carboxylic acids is 8. The van der Waals surface area contributed by atoms with Gasteiger partial charge in [-0.05, 0) is 93.9 Å². The van der Waals surface area contributed by atoms with Crippen LogP contribution >= 0.6 is 0 Å². The number of rotatable bonds is 24. The molecule has 0 aromatic carbocycles. The van der Waals surface area contributed by atoms with Gasteiger partial charge in [0.15, 0.2) is 0 Å². The van der Waals surface area contributed by atoms with Crippen molar-refractivity contribution in [1.29, 1.82) is 0 Å². The molecule has 0 fully saturated rings. The molecule has 0 saturated heterocycles. The third kappa shape index (κ3) is 60.9. The number of ketones is 4. The fraction of sp³-hybridized carbons (Fsp3) is 0.800. The number of hydrogen-bond acceptors (Lipinski definition) is 16. The van der Waals surface area contributed by atoms with Crippen molar-refractivity contribution in [2.24, 2.45) is 0 Å². The molecule has 0 aliphatic heterocycles. The van der Waals surface area contributed by atoms with E-state index in [-0.39, 0.29) is 126 Å². The predicted molar refractivity (Wildman–Crippen MR) is 206 cm³/mol. The molecular weight excluding hydrogens is 880 g/mol. The van der Waals surface area contributed by atoms with Gasteiger partial charge in [0.25, 0.3) is 0 Å². The van der Waals surface area contributed by atoms with E-state index in [1.807, 2.05) is 41.5 Å². The van der Waals surface area contributed by atoms with E-state index >= 15 is 0 Å². The van der Waals surface area contributed by atoms with Crippen molar-refractivity contribution in [3.63, 3.8) is 0 Å². The van der Waals surface area contributed by atoms with Crippen LogP contribution in [0, 0.1) is 0 Å². The molecule has 0 heterocycles. The van der Waals surface area contributed by atoms with Crippen LogP contribution in [-0.2, 0) is 143 Å². The fourth-order valence-corrected chi connectivity index (χ4v) is 2.98. The van der Waals surface area contributed by atoms with Crippen molar-refractivity contribution in [3.8, 4) is 0 Å². The molecule has 59 heavy (non-hydrogen) atoms. The van der Waals surface area contributed by atoms with Crippen LogP contribution in [0.1, 0.15) is 187 Å². The molecule has 19 heteroatoms. The van der Waals surface area contributed by atoms with Crippen LogP contribution in [0.15, 0.2) is 0 Å². The maximum atomic E-state index is 11.0. The Kier molecular flexibility index (Phi) is 54.4. The van der Waals surface area contributed by atoms with Gasteiger partial charge in [-0.25, -0.2) is 19.2 Å². The second kappa shape index (κ2) is 44.6. The molecule has 0 N–H and O–H groups in total. The SMILES string of the molecule is CCCC(=O)CC(=O)OOC(C)(C)C.CCCC(=O)CC(=O)OOC(C)(C)C.CCCC(=O)CC(=O)OOC(C)CC.CCCC(=O)CC(=O)OOC(C)CC.[Ti].[Ti].[Ti]. The normalized spacial score (nSPS) is 11.1. The summed E-state index contributed by atoms with van der Waals surface area (Å²) in [7, 11) is 0. The monoisotopic (exact) mass is 952 g/mol. The van der Waals surface area contributed by atoms with Gasteiger partial charge in [0.05, 0.1) is 0 Å². The summed E-state index contributed by atoms with van der Waals surface area (Å²) in [6.07, 6.45) is 5.11. The maximum Gasteiger partial charge on any atom is 0.349 e. The largest absolute Gasteiger partial charge is 0.349 e. The molecule has 0 radical (unpaired) electrons. The second-order valence-electron chi connectivity index (χ2n) is 14.7. The van der Waals surface area contributed by atoms with E-state index in [2.05, 4.69) is 19.6 Å². The Bertz CT molecular complexity index is 1060. The van der Waals surface area contributed by atoms with Crippen LogP contribution in [-0.4, -0.2) is 70.4 Å². The first-order chi connectivity index (χ1) is 25.9. The summed E-state index contributed by atoms with van der Waals surface area (Å²) in [6.45, 7) is 25.5. The minimum atomic E-state index is -0.627. The molecule has 2 unspecified atom stereocenters. The average molecular weight is 953 g/mol. The molecule has 0 amide bonds. The van der Waals surface area contributed by atoms with Crippen LogP contribution < -0.4 is 0 Å². The fourth-order valence-electron chi connectivity index (χ4n) is 2.98. The predicted octanol–water partition coefficient (Wildman–Crippen LogP) is 8.07. The van der Waals surface area contributed by atoms with Gasteiger partial charge in [-0.1, -0.05) is 41.5 Å². The van der Waals surface area contributed by atoms with Gasteiger partial charge in [-0.3, -0.25) is 38.7 Å².